The minimum Gasteiger partial charge on any atom is -0.490 e. The summed E-state index contributed by atoms with van der Waals surface area (Å²) in [5.74, 6) is 0.421. The average molecular weight is 329 g/mol. The number of carbonyl (C=O) groups is 2. The van der Waals surface area contributed by atoms with Crippen LogP contribution in [0, 0.1) is 0 Å². The van der Waals surface area contributed by atoms with Gasteiger partial charge >= 0.3 is 12.1 Å². The Morgan fingerprint density at radius 2 is 1.58 bits per heavy atom. The summed E-state index contributed by atoms with van der Waals surface area (Å²) in [7, 11) is 0. The summed E-state index contributed by atoms with van der Waals surface area (Å²) >= 11 is 0. The lowest BCUT2D eigenvalue weighted by atomic mass is 10.2. The molecule has 2 aromatic rings. The summed E-state index contributed by atoms with van der Waals surface area (Å²) in [4.78, 5) is 23.5. The number of rotatable bonds is 6. The third kappa shape index (κ3) is 4.74. The van der Waals surface area contributed by atoms with Crippen LogP contribution in [0.3, 0.4) is 0 Å². The van der Waals surface area contributed by atoms with Crippen molar-refractivity contribution in [2.24, 2.45) is 0 Å². The number of amides is 1. The molecule has 0 aliphatic carbocycles. The van der Waals surface area contributed by atoms with E-state index in [4.69, 9.17) is 14.2 Å². The molecule has 6 heteroatoms. The minimum atomic E-state index is -0.647. The molecule has 1 N–H and O–H groups in total. The summed E-state index contributed by atoms with van der Waals surface area (Å²) in [6.07, 6.45) is -0.647. The maximum atomic E-state index is 12.0. The Balaban J connectivity index is 1.99. The fraction of sp³-hybridized carbons (Fsp3) is 0.222. The Kier molecular flexibility index (Phi) is 6.19. The topological polar surface area (TPSA) is 73.9 Å². The number of hydrogen-bond acceptors (Lipinski definition) is 5. The molecule has 0 heterocycles. The lowest BCUT2D eigenvalue weighted by Gasteiger charge is -2.11. The third-order valence-corrected chi connectivity index (χ3v) is 2.99. The van der Waals surface area contributed by atoms with E-state index in [1.54, 1.807) is 55.5 Å². The van der Waals surface area contributed by atoms with Crippen LogP contribution in [0.1, 0.15) is 24.2 Å². The van der Waals surface area contributed by atoms with Crippen LogP contribution in [0.15, 0.2) is 48.5 Å². The predicted molar refractivity (Wildman–Crippen MR) is 89.7 cm³/mol. The van der Waals surface area contributed by atoms with Crippen LogP contribution in [-0.4, -0.2) is 25.3 Å². The van der Waals surface area contributed by atoms with E-state index in [0.29, 0.717) is 36.0 Å². The molecule has 0 unspecified atom stereocenters. The molecule has 0 saturated heterocycles. The van der Waals surface area contributed by atoms with Crippen molar-refractivity contribution in [3.05, 3.63) is 54.1 Å². The molecule has 1 amide bonds. The fourth-order valence-corrected chi connectivity index (χ4v) is 1.96. The van der Waals surface area contributed by atoms with Crippen molar-refractivity contribution in [3.63, 3.8) is 0 Å². The van der Waals surface area contributed by atoms with Crippen molar-refractivity contribution < 1.29 is 23.8 Å². The average Bonchev–Trinajstić information content (AvgIpc) is 2.58. The molecule has 0 atom stereocenters. The van der Waals surface area contributed by atoms with E-state index in [0.717, 1.165) is 0 Å². The van der Waals surface area contributed by atoms with Gasteiger partial charge in [0.2, 0.25) is 0 Å². The first-order chi connectivity index (χ1) is 11.6. The van der Waals surface area contributed by atoms with Gasteiger partial charge in [-0.15, -0.1) is 0 Å². The van der Waals surface area contributed by atoms with E-state index in [2.05, 4.69) is 5.32 Å². The highest BCUT2D eigenvalue weighted by molar-refractivity contribution is 5.91. The first kappa shape index (κ1) is 17.3. The normalized spacial score (nSPS) is 9.92. The molecule has 6 nitrogen and oxygen atoms in total. The van der Waals surface area contributed by atoms with Crippen molar-refractivity contribution in [2.75, 3.05) is 18.5 Å². The summed E-state index contributed by atoms with van der Waals surface area (Å²) < 4.78 is 15.5. The standard InChI is InChI=1S/C18H19NO5/c1-3-22-15-7-5-6-8-16(15)24-18(21)19-14-11-9-13(10-12-14)17(20)23-4-2/h5-12H,3-4H2,1-2H3,(H,19,21). The van der Waals surface area contributed by atoms with E-state index >= 15 is 0 Å². The molecule has 0 radical (unpaired) electrons. The Labute approximate surface area is 140 Å². The van der Waals surface area contributed by atoms with Crippen LogP contribution in [0.4, 0.5) is 10.5 Å². The van der Waals surface area contributed by atoms with Crippen LogP contribution in [-0.2, 0) is 4.74 Å². The molecule has 0 aromatic heterocycles. The number of hydrogen-bond donors (Lipinski definition) is 1. The smallest absolute Gasteiger partial charge is 0.417 e. The monoisotopic (exact) mass is 329 g/mol. The summed E-state index contributed by atoms with van der Waals surface area (Å²) in [5, 5.41) is 2.59. The largest absolute Gasteiger partial charge is 0.490 e. The quantitative estimate of drug-likeness (QED) is 0.814. The van der Waals surface area contributed by atoms with Gasteiger partial charge < -0.3 is 14.2 Å². The fourth-order valence-electron chi connectivity index (χ4n) is 1.96. The Morgan fingerprint density at radius 1 is 0.917 bits per heavy atom. The summed E-state index contributed by atoms with van der Waals surface area (Å²) in [6.45, 7) is 4.37. The zero-order valence-corrected chi connectivity index (χ0v) is 13.6. The number of anilines is 1. The van der Waals surface area contributed by atoms with Gasteiger partial charge in [0.25, 0.3) is 0 Å². The molecule has 126 valence electrons. The van der Waals surface area contributed by atoms with E-state index in [1.807, 2.05) is 6.92 Å². The number of para-hydroxylation sites is 2. The molecule has 2 aromatic carbocycles. The molecule has 0 fully saturated rings. The van der Waals surface area contributed by atoms with Gasteiger partial charge in [0.05, 0.1) is 18.8 Å². The molecule has 24 heavy (non-hydrogen) atoms. The number of benzene rings is 2. The van der Waals surface area contributed by atoms with Crippen molar-refractivity contribution in [1.82, 2.24) is 0 Å². The van der Waals surface area contributed by atoms with Crippen molar-refractivity contribution in [1.29, 1.82) is 0 Å². The third-order valence-electron chi connectivity index (χ3n) is 2.99. The van der Waals surface area contributed by atoms with Gasteiger partial charge in [0.15, 0.2) is 11.5 Å². The lowest BCUT2D eigenvalue weighted by Crippen LogP contribution is -2.17. The van der Waals surface area contributed by atoms with E-state index in [9.17, 15) is 9.59 Å². The second-order valence-corrected chi connectivity index (χ2v) is 4.69. The molecule has 0 aliphatic rings. The zero-order valence-electron chi connectivity index (χ0n) is 13.6. The lowest BCUT2D eigenvalue weighted by molar-refractivity contribution is 0.0526. The van der Waals surface area contributed by atoms with Gasteiger partial charge in [-0.3, -0.25) is 5.32 Å². The second-order valence-electron chi connectivity index (χ2n) is 4.69. The van der Waals surface area contributed by atoms with Crippen molar-refractivity contribution >= 4 is 17.7 Å². The molecule has 0 spiro atoms. The Bertz CT molecular complexity index is 697. The van der Waals surface area contributed by atoms with Crippen LogP contribution < -0.4 is 14.8 Å². The number of carbonyl (C=O) groups excluding carboxylic acids is 2. The maximum absolute atomic E-state index is 12.0. The highest BCUT2D eigenvalue weighted by atomic mass is 16.6. The highest BCUT2D eigenvalue weighted by Crippen LogP contribution is 2.26. The SMILES string of the molecule is CCOC(=O)c1ccc(NC(=O)Oc2ccccc2OCC)cc1. The van der Waals surface area contributed by atoms with E-state index in [-0.39, 0.29) is 0 Å². The molecule has 0 bridgehead atoms. The second kappa shape index (κ2) is 8.57. The van der Waals surface area contributed by atoms with Gasteiger partial charge in [0.1, 0.15) is 0 Å². The maximum Gasteiger partial charge on any atom is 0.417 e. The molecule has 0 saturated carbocycles. The number of esters is 1. The van der Waals surface area contributed by atoms with Crippen LogP contribution in [0.5, 0.6) is 11.5 Å². The van der Waals surface area contributed by atoms with E-state index in [1.165, 1.54) is 0 Å². The number of nitrogens with one attached hydrogen (secondary N) is 1. The van der Waals surface area contributed by atoms with Gasteiger partial charge in [-0.25, -0.2) is 9.59 Å². The molecular weight excluding hydrogens is 310 g/mol. The van der Waals surface area contributed by atoms with Crippen LogP contribution in [0.2, 0.25) is 0 Å². The van der Waals surface area contributed by atoms with Gasteiger partial charge in [-0.05, 0) is 50.2 Å². The van der Waals surface area contributed by atoms with Crippen LogP contribution in [0.25, 0.3) is 0 Å². The molecular formula is C18H19NO5. The van der Waals surface area contributed by atoms with Gasteiger partial charge in [-0.1, -0.05) is 12.1 Å². The minimum absolute atomic E-state index is 0.310. The summed E-state index contributed by atoms with van der Waals surface area (Å²) in [6, 6.07) is 13.3. The molecule has 0 aliphatic heterocycles. The van der Waals surface area contributed by atoms with Crippen molar-refractivity contribution in [2.45, 2.75) is 13.8 Å². The predicted octanol–water partition coefficient (Wildman–Crippen LogP) is 3.87. The molecule has 2 rings (SSSR count). The summed E-state index contributed by atoms with van der Waals surface area (Å²) in [5.41, 5.74) is 0.916. The highest BCUT2D eigenvalue weighted by Gasteiger charge is 2.11. The number of ether oxygens (including phenoxy) is 3. The van der Waals surface area contributed by atoms with Gasteiger partial charge in [0, 0.05) is 5.69 Å². The van der Waals surface area contributed by atoms with Crippen molar-refractivity contribution in [3.8, 4) is 11.5 Å². The van der Waals surface area contributed by atoms with Gasteiger partial charge in [-0.2, -0.15) is 0 Å². The van der Waals surface area contributed by atoms with Crippen LogP contribution >= 0.6 is 0 Å². The zero-order chi connectivity index (χ0) is 17.4. The Morgan fingerprint density at radius 3 is 2.21 bits per heavy atom. The first-order valence-electron chi connectivity index (χ1n) is 7.62. The Hall–Kier alpha value is -3.02. The first-order valence-corrected chi connectivity index (χ1v) is 7.62. The van der Waals surface area contributed by atoms with E-state index < -0.39 is 12.1 Å².